The van der Waals surface area contributed by atoms with Crippen molar-refractivity contribution in [2.45, 2.75) is 52.5 Å². The summed E-state index contributed by atoms with van der Waals surface area (Å²) in [5.74, 6) is 0.729. The number of alkyl halides is 2. The molecular weight excluding hydrogens is 488 g/mol. The normalized spacial score (nSPS) is 12.5. The van der Waals surface area contributed by atoms with Crippen molar-refractivity contribution in [3.8, 4) is 16.8 Å². The van der Waals surface area contributed by atoms with E-state index in [2.05, 4.69) is 10.4 Å². The molecule has 1 N–H and O–H groups in total. The average Bonchev–Trinajstić information content (AvgIpc) is 3.49. The minimum atomic E-state index is -2.69. The summed E-state index contributed by atoms with van der Waals surface area (Å²) in [7, 11) is 5.24. The average molecular weight is 522 g/mol. The van der Waals surface area contributed by atoms with Crippen molar-refractivity contribution in [3.63, 3.8) is 0 Å². The van der Waals surface area contributed by atoms with Gasteiger partial charge in [-0.1, -0.05) is 20.8 Å². The van der Waals surface area contributed by atoms with Crippen LogP contribution in [0.4, 0.5) is 14.5 Å². The van der Waals surface area contributed by atoms with Crippen molar-refractivity contribution in [1.29, 1.82) is 0 Å². The number of nitrogens with zero attached hydrogens (tertiary/aromatic N) is 6. The summed E-state index contributed by atoms with van der Waals surface area (Å²) in [6, 6.07) is 7.26. The fraction of sp³-hybridized carbons (Fsp3) is 0.393. The van der Waals surface area contributed by atoms with Gasteiger partial charge in [0.25, 0.3) is 6.43 Å². The van der Waals surface area contributed by atoms with Crippen LogP contribution in [-0.2, 0) is 26.6 Å². The van der Waals surface area contributed by atoms with Crippen molar-refractivity contribution < 1.29 is 8.78 Å². The number of anilines is 1. The lowest BCUT2D eigenvalue weighted by Crippen LogP contribution is -2.19. The smallest absolute Gasteiger partial charge is 0.328 e. The standard InChI is InChI=1S/C28H33F2N7O/c1-15(2)32-21-9-17(10-23-24(21)36(8)27(38)35(23)7)37-22-12-19(25(29)30)18(16-13-31-34(6)14-16)11-20(22)33-26(37)28(3,4)5/h9-15,25,32H,1-8H3. The van der Waals surface area contributed by atoms with Crippen LogP contribution in [0.25, 0.3) is 38.9 Å². The summed E-state index contributed by atoms with van der Waals surface area (Å²) in [6.07, 6.45) is 0.622. The van der Waals surface area contributed by atoms with Gasteiger partial charge in [-0.3, -0.25) is 18.4 Å². The first kappa shape index (κ1) is 25.7. The lowest BCUT2D eigenvalue weighted by Gasteiger charge is -2.22. The van der Waals surface area contributed by atoms with Gasteiger partial charge in [0.2, 0.25) is 0 Å². The van der Waals surface area contributed by atoms with E-state index in [1.54, 1.807) is 53.4 Å². The Morgan fingerprint density at radius 3 is 2.26 bits per heavy atom. The van der Waals surface area contributed by atoms with Gasteiger partial charge < -0.3 is 5.32 Å². The van der Waals surface area contributed by atoms with Gasteiger partial charge in [-0.05, 0) is 43.7 Å². The lowest BCUT2D eigenvalue weighted by molar-refractivity contribution is 0.152. The number of halogens is 2. The molecule has 0 unspecified atom stereocenters. The SMILES string of the molecule is CC(C)Nc1cc(-n2c(C(C)(C)C)nc3cc(-c4cnn(C)c4)c(C(F)F)cc32)cc2c1n(C)c(=O)n2C. The molecular formula is C28H33F2N7O. The highest BCUT2D eigenvalue weighted by atomic mass is 19.3. The van der Waals surface area contributed by atoms with E-state index >= 15 is 0 Å². The number of benzene rings is 2. The Hall–Kier alpha value is -3.95. The molecule has 5 rings (SSSR count). The molecule has 0 bridgehead atoms. The Kier molecular flexibility index (Phi) is 5.96. The molecule has 8 nitrogen and oxygen atoms in total. The van der Waals surface area contributed by atoms with Crippen LogP contribution in [-0.4, -0.2) is 34.5 Å². The maximum atomic E-state index is 14.4. The summed E-state index contributed by atoms with van der Waals surface area (Å²) >= 11 is 0. The van der Waals surface area contributed by atoms with E-state index in [0.717, 1.165) is 28.2 Å². The van der Waals surface area contributed by atoms with Crippen LogP contribution in [0.5, 0.6) is 0 Å². The molecule has 0 saturated heterocycles. The van der Waals surface area contributed by atoms with Crippen LogP contribution >= 0.6 is 0 Å². The highest BCUT2D eigenvalue weighted by molar-refractivity contribution is 5.93. The molecule has 3 heterocycles. The molecule has 0 aliphatic rings. The van der Waals surface area contributed by atoms with Crippen LogP contribution in [0.15, 0.2) is 41.5 Å². The monoisotopic (exact) mass is 521 g/mol. The number of fused-ring (bicyclic) bond motifs is 2. The molecule has 3 aromatic heterocycles. The van der Waals surface area contributed by atoms with Crippen LogP contribution < -0.4 is 11.0 Å². The molecule has 0 spiro atoms. The number of nitrogens with one attached hydrogen (secondary N) is 1. The highest BCUT2D eigenvalue weighted by Crippen LogP contribution is 2.39. The van der Waals surface area contributed by atoms with Crippen molar-refractivity contribution >= 4 is 27.8 Å². The third-order valence-electron chi connectivity index (χ3n) is 6.80. The van der Waals surface area contributed by atoms with Gasteiger partial charge in [-0.2, -0.15) is 5.10 Å². The zero-order valence-corrected chi connectivity index (χ0v) is 23.0. The Balaban J connectivity index is 1.89. The van der Waals surface area contributed by atoms with Crippen LogP contribution in [0.2, 0.25) is 0 Å². The molecule has 200 valence electrons. The van der Waals surface area contributed by atoms with Crippen LogP contribution in [0.1, 0.15) is 52.4 Å². The van der Waals surface area contributed by atoms with E-state index in [1.807, 2.05) is 51.3 Å². The number of hydrogen-bond donors (Lipinski definition) is 1. The van der Waals surface area contributed by atoms with Crippen molar-refractivity contribution in [3.05, 3.63) is 58.5 Å². The van der Waals surface area contributed by atoms with E-state index in [0.29, 0.717) is 22.2 Å². The molecule has 0 saturated carbocycles. The highest BCUT2D eigenvalue weighted by Gasteiger charge is 2.27. The van der Waals surface area contributed by atoms with Gasteiger partial charge in [0.15, 0.2) is 0 Å². The lowest BCUT2D eigenvalue weighted by atomic mass is 9.95. The summed E-state index contributed by atoms with van der Waals surface area (Å²) < 4.78 is 35.6. The fourth-order valence-electron chi connectivity index (χ4n) is 5.08. The van der Waals surface area contributed by atoms with Crippen LogP contribution in [0.3, 0.4) is 0 Å². The first-order valence-corrected chi connectivity index (χ1v) is 12.6. The quantitative estimate of drug-likeness (QED) is 0.323. The van der Waals surface area contributed by atoms with Crippen molar-refractivity contribution in [2.24, 2.45) is 21.1 Å². The maximum absolute atomic E-state index is 14.4. The van der Waals surface area contributed by atoms with Gasteiger partial charge >= 0.3 is 5.69 Å². The third-order valence-corrected chi connectivity index (χ3v) is 6.80. The third kappa shape index (κ3) is 4.08. The maximum Gasteiger partial charge on any atom is 0.328 e. The zero-order chi connectivity index (χ0) is 27.7. The molecule has 0 fully saturated rings. The van der Waals surface area contributed by atoms with Gasteiger partial charge in [0, 0.05) is 49.9 Å². The summed E-state index contributed by atoms with van der Waals surface area (Å²) in [4.78, 5) is 17.8. The Bertz CT molecular complexity index is 1750. The molecule has 5 aromatic rings. The molecule has 0 atom stereocenters. The van der Waals surface area contributed by atoms with Crippen LogP contribution in [0, 0.1) is 0 Å². The van der Waals surface area contributed by atoms with Gasteiger partial charge in [0.05, 0.1) is 39.6 Å². The molecule has 0 aliphatic carbocycles. The molecule has 0 amide bonds. The zero-order valence-electron chi connectivity index (χ0n) is 23.0. The summed E-state index contributed by atoms with van der Waals surface area (Å²) in [6.45, 7) is 10.2. The topological polar surface area (TPSA) is 74.6 Å². The second-order valence-corrected chi connectivity index (χ2v) is 11.2. The van der Waals surface area contributed by atoms with Gasteiger partial charge in [-0.25, -0.2) is 18.6 Å². The minimum absolute atomic E-state index is 0.0826. The molecule has 10 heteroatoms. The summed E-state index contributed by atoms with van der Waals surface area (Å²) in [5.41, 5.74) is 4.63. The number of aryl methyl sites for hydroxylation is 3. The van der Waals surface area contributed by atoms with E-state index in [-0.39, 0.29) is 17.3 Å². The van der Waals surface area contributed by atoms with E-state index in [1.165, 1.54) is 6.07 Å². The number of aromatic nitrogens is 6. The van der Waals surface area contributed by atoms with E-state index < -0.39 is 11.8 Å². The molecule has 0 aliphatic heterocycles. The number of hydrogen-bond acceptors (Lipinski definition) is 4. The fourth-order valence-corrected chi connectivity index (χ4v) is 5.08. The largest absolute Gasteiger partial charge is 0.381 e. The first-order chi connectivity index (χ1) is 17.8. The second-order valence-electron chi connectivity index (χ2n) is 11.2. The predicted octanol–water partition coefficient (Wildman–Crippen LogP) is 5.67. The van der Waals surface area contributed by atoms with E-state index in [9.17, 15) is 13.6 Å². The molecule has 2 aromatic carbocycles. The predicted molar refractivity (Wildman–Crippen MR) is 147 cm³/mol. The number of rotatable bonds is 5. The minimum Gasteiger partial charge on any atom is -0.381 e. The summed E-state index contributed by atoms with van der Waals surface area (Å²) in [5, 5.41) is 7.64. The molecule has 38 heavy (non-hydrogen) atoms. The van der Waals surface area contributed by atoms with Crippen molar-refractivity contribution in [1.82, 2.24) is 28.5 Å². The van der Waals surface area contributed by atoms with E-state index in [4.69, 9.17) is 4.98 Å². The van der Waals surface area contributed by atoms with Crippen molar-refractivity contribution in [2.75, 3.05) is 5.32 Å². The van der Waals surface area contributed by atoms with Gasteiger partial charge in [0.1, 0.15) is 5.82 Å². The molecule has 0 radical (unpaired) electrons. The Labute approximate surface area is 219 Å². The first-order valence-electron chi connectivity index (χ1n) is 12.6. The number of imidazole rings is 2. The Morgan fingerprint density at radius 1 is 0.974 bits per heavy atom. The van der Waals surface area contributed by atoms with Gasteiger partial charge in [-0.15, -0.1) is 0 Å². The Morgan fingerprint density at radius 2 is 1.68 bits per heavy atom. The second kappa shape index (κ2) is 8.82.